The van der Waals surface area contributed by atoms with Crippen molar-refractivity contribution in [3.8, 4) is 0 Å². The second-order valence-corrected chi connectivity index (χ2v) is 7.19. The van der Waals surface area contributed by atoms with Crippen molar-refractivity contribution in [3.05, 3.63) is 47.0 Å². The Labute approximate surface area is 152 Å². The van der Waals surface area contributed by atoms with Gasteiger partial charge in [-0.25, -0.2) is 0 Å². The van der Waals surface area contributed by atoms with Crippen molar-refractivity contribution >= 4 is 11.6 Å². The summed E-state index contributed by atoms with van der Waals surface area (Å²) in [4.78, 5) is 24.6. The second-order valence-electron chi connectivity index (χ2n) is 7.19. The zero-order chi connectivity index (χ0) is 17.9. The van der Waals surface area contributed by atoms with Gasteiger partial charge in [-0.1, -0.05) is 95.4 Å². The lowest BCUT2D eigenvalue weighted by Crippen LogP contribution is -2.16. The summed E-state index contributed by atoms with van der Waals surface area (Å²) in [5, 5.41) is 0. The number of unbranched alkanes of at least 4 members (excludes halogenated alkanes) is 10. The van der Waals surface area contributed by atoms with Gasteiger partial charge in [0.25, 0.3) is 0 Å². The van der Waals surface area contributed by atoms with Gasteiger partial charge in [-0.2, -0.15) is 0 Å². The van der Waals surface area contributed by atoms with Crippen LogP contribution in [0.15, 0.2) is 35.9 Å². The Morgan fingerprint density at radius 3 is 1.80 bits per heavy atom. The number of carbonyl (C=O) groups is 2. The minimum absolute atomic E-state index is 0.0201. The highest BCUT2D eigenvalue weighted by molar-refractivity contribution is 6.24. The fourth-order valence-corrected chi connectivity index (χ4v) is 3.54. The van der Waals surface area contributed by atoms with E-state index in [1.54, 1.807) is 18.2 Å². The minimum Gasteiger partial charge on any atom is -0.289 e. The Balaban J connectivity index is 1.58. The summed E-state index contributed by atoms with van der Waals surface area (Å²) in [5.74, 6) is 0.0237. The Morgan fingerprint density at radius 2 is 1.20 bits per heavy atom. The molecule has 0 atom stereocenters. The highest BCUT2D eigenvalue weighted by Gasteiger charge is 2.24. The molecule has 25 heavy (non-hydrogen) atoms. The maximum atomic E-state index is 12.5. The van der Waals surface area contributed by atoms with E-state index in [0.29, 0.717) is 16.7 Å². The molecule has 0 saturated carbocycles. The van der Waals surface area contributed by atoms with Gasteiger partial charge in [-0.05, 0) is 18.9 Å². The monoisotopic (exact) mass is 340 g/mol. The molecule has 0 bridgehead atoms. The molecule has 2 nitrogen and oxygen atoms in total. The number of benzene rings is 1. The van der Waals surface area contributed by atoms with Crippen LogP contribution >= 0.6 is 0 Å². The number of rotatable bonds is 12. The van der Waals surface area contributed by atoms with Crippen LogP contribution in [0.1, 0.15) is 105 Å². The quantitative estimate of drug-likeness (QED) is 0.397. The summed E-state index contributed by atoms with van der Waals surface area (Å²) in [6.45, 7) is 2.26. The van der Waals surface area contributed by atoms with Gasteiger partial charge >= 0.3 is 0 Å². The van der Waals surface area contributed by atoms with E-state index >= 15 is 0 Å². The topological polar surface area (TPSA) is 34.1 Å². The lowest BCUT2D eigenvalue weighted by atomic mass is 9.87. The van der Waals surface area contributed by atoms with Crippen molar-refractivity contribution in [2.45, 2.75) is 84.0 Å². The zero-order valence-corrected chi connectivity index (χ0v) is 15.7. The third-order valence-electron chi connectivity index (χ3n) is 5.08. The molecule has 0 fully saturated rings. The van der Waals surface area contributed by atoms with E-state index in [-0.39, 0.29) is 11.6 Å². The summed E-state index contributed by atoms with van der Waals surface area (Å²) in [6, 6.07) is 7.15. The van der Waals surface area contributed by atoms with E-state index < -0.39 is 0 Å². The van der Waals surface area contributed by atoms with Crippen molar-refractivity contribution in [2.24, 2.45) is 0 Å². The van der Waals surface area contributed by atoms with E-state index in [1.165, 1.54) is 57.8 Å². The molecular weight excluding hydrogens is 308 g/mol. The highest BCUT2D eigenvalue weighted by atomic mass is 16.1. The standard InChI is InChI=1S/C23H32O2/c1-2-3-4-5-6-7-8-9-10-11-12-15-19-18-22(24)20-16-13-14-17-21(20)23(19)25/h13-14,16-18H,2-12,15H2,1H3. The number of ketones is 2. The minimum atomic E-state index is -0.0201. The maximum Gasteiger partial charge on any atom is 0.189 e. The molecule has 2 rings (SSSR count). The van der Waals surface area contributed by atoms with Gasteiger partial charge in [0.15, 0.2) is 11.6 Å². The smallest absolute Gasteiger partial charge is 0.189 e. The number of hydrogen-bond donors (Lipinski definition) is 0. The molecule has 0 amide bonds. The number of carbonyl (C=O) groups excluding carboxylic acids is 2. The van der Waals surface area contributed by atoms with Crippen LogP contribution in [0, 0.1) is 0 Å². The van der Waals surface area contributed by atoms with Crippen LogP contribution in [0.3, 0.4) is 0 Å². The van der Waals surface area contributed by atoms with Gasteiger partial charge in [0, 0.05) is 16.7 Å². The largest absolute Gasteiger partial charge is 0.289 e. The number of hydrogen-bond acceptors (Lipinski definition) is 2. The molecule has 1 aliphatic rings. The molecule has 0 N–H and O–H groups in total. The van der Waals surface area contributed by atoms with Gasteiger partial charge < -0.3 is 0 Å². The summed E-state index contributed by atoms with van der Waals surface area (Å²) in [5.41, 5.74) is 1.82. The number of Topliss-reactive ketones (excluding diaryl/α,β-unsaturated/α-hetero) is 1. The molecule has 0 aliphatic heterocycles. The molecule has 0 unspecified atom stereocenters. The van der Waals surface area contributed by atoms with Crippen LogP contribution in [0.2, 0.25) is 0 Å². The predicted molar refractivity (Wildman–Crippen MR) is 104 cm³/mol. The fourth-order valence-electron chi connectivity index (χ4n) is 3.54. The normalized spacial score (nSPS) is 13.7. The van der Waals surface area contributed by atoms with E-state index in [4.69, 9.17) is 0 Å². The van der Waals surface area contributed by atoms with Crippen LogP contribution in [0.4, 0.5) is 0 Å². The zero-order valence-electron chi connectivity index (χ0n) is 15.7. The van der Waals surface area contributed by atoms with Crippen molar-refractivity contribution in [3.63, 3.8) is 0 Å². The third-order valence-corrected chi connectivity index (χ3v) is 5.08. The second kappa shape index (κ2) is 11.0. The van der Waals surface area contributed by atoms with Crippen LogP contribution in [-0.4, -0.2) is 11.6 Å². The molecule has 0 saturated heterocycles. The average Bonchev–Trinajstić information content (AvgIpc) is 2.63. The lowest BCUT2D eigenvalue weighted by molar-refractivity contribution is 0.0981. The molecule has 1 aromatic rings. The summed E-state index contributed by atoms with van der Waals surface area (Å²) >= 11 is 0. The molecule has 1 aliphatic carbocycles. The first-order chi connectivity index (χ1) is 12.2. The van der Waals surface area contributed by atoms with Crippen molar-refractivity contribution in [1.29, 1.82) is 0 Å². The van der Waals surface area contributed by atoms with Crippen LogP contribution in [0.5, 0.6) is 0 Å². The van der Waals surface area contributed by atoms with E-state index in [9.17, 15) is 9.59 Å². The van der Waals surface area contributed by atoms with Crippen LogP contribution in [-0.2, 0) is 0 Å². The van der Waals surface area contributed by atoms with Gasteiger partial charge in [0.1, 0.15) is 0 Å². The van der Waals surface area contributed by atoms with Crippen LogP contribution in [0.25, 0.3) is 0 Å². The Bertz CT molecular complexity index is 598. The van der Waals surface area contributed by atoms with E-state index in [1.807, 2.05) is 12.1 Å². The molecule has 0 spiro atoms. The molecule has 2 heteroatoms. The van der Waals surface area contributed by atoms with Crippen LogP contribution < -0.4 is 0 Å². The van der Waals surface area contributed by atoms with E-state index in [0.717, 1.165) is 19.3 Å². The van der Waals surface area contributed by atoms with Crippen molar-refractivity contribution in [1.82, 2.24) is 0 Å². The first kappa shape index (κ1) is 19.6. The van der Waals surface area contributed by atoms with Gasteiger partial charge in [0.05, 0.1) is 0 Å². The molecule has 0 aromatic heterocycles. The maximum absolute atomic E-state index is 12.5. The molecule has 136 valence electrons. The van der Waals surface area contributed by atoms with Crippen molar-refractivity contribution in [2.75, 3.05) is 0 Å². The summed E-state index contributed by atoms with van der Waals surface area (Å²) in [7, 11) is 0. The number of fused-ring (bicyclic) bond motifs is 1. The predicted octanol–water partition coefficient (Wildman–Crippen LogP) is 6.69. The first-order valence-electron chi connectivity index (χ1n) is 10.1. The lowest BCUT2D eigenvalue weighted by Gasteiger charge is -2.14. The van der Waals surface area contributed by atoms with Crippen molar-refractivity contribution < 1.29 is 9.59 Å². The summed E-state index contributed by atoms with van der Waals surface area (Å²) in [6.07, 6.45) is 16.5. The third kappa shape index (κ3) is 6.26. The Kier molecular flexibility index (Phi) is 8.65. The molecule has 0 radical (unpaired) electrons. The highest BCUT2D eigenvalue weighted by Crippen LogP contribution is 2.24. The van der Waals surface area contributed by atoms with Gasteiger partial charge in [-0.15, -0.1) is 0 Å². The average molecular weight is 341 g/mol. The summed E-state index contributed by atoms with van der Waals surface area (Å²) < 4.78 is 0. The fraction of sp³-hybridized carbons (Fsp3) is 0.565. The van der Waals surface area contributed by atoms with Gasteiger partial charge in [-0.3, -0.25) is 9.59 Å². The SMILES string of the molecule is CCCCCCCCCCCCCC1=CC(=O)c2ccccc2C1=O. The van der Waals surface area contributed by atoms with E-state index in [2.05, 4.69) is 6.92 Å². The number of allylic oxidation sites excluding steroid dienone is 2. The Morgan fingerprint density at radius 1 is 0.680 bits per heavy atom. The molecule has 0 heterocycles. The first-order valence-corrected chi connectivity index (χ1v) is 10.1. The molecule has 1 aromatic carbocycles. The Hall–Kier alpha value is -1.70. The molecular formula is C23H32O2. The van der Waals surface area contributed by atoms with Gasteiger partial charge in [0.2, 0.25) is 0 Å².